The van der Waals surface area contributed by atoms with Crippen LogP contribution in [0.25, 0.3) is 11.1 Å². The minimum Gasteiger partial charge on any atom is -0.493 e. The molecule has 28 heavy (non-hydrogen) atoms. The summed E-state index contributed by atoms with van der Waals surface area (Å²) in [6, 6.07) is 11.2. The van der Waals surface area contributed by atoms with E-state index < -0.39 is 0 Å². The summed E-state index contributed by atoms with van der Waals surface area (Å²) in [6.07, 6.45) is 0.985. The summed E-state index contributed by atoms with van der Waals surface area (Å²) in [5, 5.41) is 0. The first kappa shape index (κ1) is 17.8. The first-order valence-corrected chi connectivity index (χ1v) is 10.5. The third-order valence-corrected chi connectivity index (χ3v) is 6.49. The lowest BCUT2D eigenvalue weighted by molar-refractivity contribution is 0.297. The van der Waals surface area contributed by atoms with E-state index in [1.165, 1.54) is 39.0 Å². The van der Waals surface area contributed by atoms with Gasteiger partial charge in [0, 0.05) is 23.5 Å². The minimum atomic E-state index is 0.0932. The molecule has 2 aromatic carbocycles. The molecule has 0 fully saturated rings. The summed E-state index contributed by atoms with van der Waals surface area (Å²) >= 11 is 0. The van der Waals surface area contributed by atoms with E-state index >= 15 is 0 Å². The molecule has 2 heterocycles. The third-order valence-electron chi connectivity index (χ3n) is 6.49. The van der Waals surface area contributed by atoms with E-state index in [4.69, 9.17) is 9.47 Å². The van der Waals surface area contributed by atoms with Crippen molar-refractivity contribution in [2.24, 2.45) is 0 Å². The van der Waals surface area contributed by atoms with Gasteiger partial charge in [-0.25, -0.2) is 0 Å². The Hall–Kier alpha value is -2.22. The lowest BCUT2D eigenvalue weighted by atomic mass is 9.77. The molecule has 146 valence electrons. The highest BCUT2D eigenvalue weighted by Crippen LogP contribution is 2.58. The maximum Gasteiger partial charge on any atom is 0.127 e. The Balaban J connectivity index is 1.78. The van der Waals surface area contributed by atoms with Gasteiger partial charge in [0.25, 0.3) is 0 Å². The van der Waals surface area contributed by atoms with E-state index in [2.05, 4.69) is 71.9 Å². The first-order chi connectivity index (χ1) is 13.2. The number of fused-ring (bicyclic) bond motifs is 4. The lowest BCUT2D eigenvalue weighted by Gasteiger charge is -2.31. The Kier molecular flexibility index (Phi) is 3.60. The van der Waals surface area contributed by atoms with Gasteiger partial charge in [-0.15, -0.1) is 0 Å². The van der Waals surface area contributed by atoms with Gasteiger partial charge in [-0.3, -0.25) is 0 Å². The van der Waals surface area contributed by atoms with Crippen molar-refractivity contribution in [3.05, 3.63) is 58.1 Å². The van der Waals surface area contributed by atoms with Crippen molar-refractivity contribution in [1.29, 1.82) is 0 Å². The van der Waals surface area contributed by atoms with Crippen molar-refractivity contribution in [1.82, 2.24) is 0 Å². The first-order valence-electron chi connectivity index (χ1n) is 10.5. The molecule has 0 spiro atoms. The second-order valence-corrected chi connectivity index (χ2v) is 10.5. The van der Waals surface area contributed by atoms with Gasteiger partial charge in [0.2, 0.25) is 0 Å². The van der Waals surface area contributed by atoms with Gasteiger partial charge in [0.1, 0.15) is 11.5 Å². The molecule has 2 aromatic rings. The smallest absolute Gasteiger partial charge is 0.127 e. The maximum absolute atomic E-state index is 6.31. The molecular weight excluding hydrogens is 344 g/mol. The highest BCUT2D eigenvalue weighted by Gasteiger charge is 2.42. The van der Waals surface area contributed by atoms with E-state index in [1.54, 1.807) is 0 Å². The number of hydrogen-bond acceptors (Lipinski definition) is 2. The average Bonchev–Trinajstić information content (AvgIpc) is 2.97. The predicted octanol–water partition coefficient (Wildman–Crippen LogP) is 6.46. The number of hydrogen-bond donors (Lipinski definition) is 0. The van der Waals surface area contributed by atoms with E-state index in [-0.39, 0.29) is 10.8 Å². The Morgan fingerprint density at radius 3 is 2.32 bits per heavy atom. The topological polar surface area (TPSA) is 18.5 Å². The van der Waals surface area contributed by atoms with Crippen LogP contribution in [0.4, 0.5) is 0 Å². The third kappa shape index (κ3) is 2.46. The van der Waals surface area contributed by atoms with Gasteiger partial charge in [0.15, 0.2) is 0 Å². The van der Waals surface area contributed by atoms with E-state index in [0.717, 1.165) is 31.1 Å². The Labute approximate surface area is 168 Å². The Bertz CT molecular complexity index is 1010. The Morgan fingerprint density at radius 1 is 0.857 bits per heavy atom. The van der Waals surface area contributed by atoms with Crippen molar-refractivity contribution in [2.45, 2.75) is 64.7 Å². The van der Waals surface area contributed by atoms with Crippen LogP contribution in [0.15, 0.2) is 30.3 Å². The minimum absolute atomic E-state index is 0.0932. The molecule has 1 aliphatic carbocycles. The highest BCUT2D eigenvalue weighted by atomic mass is 16.5. The standard InChI is InChI=1S/C26H30O2/c1-25(2,3)15-7-9-20-17(13-15)22-16-11-12-27-21-10-8-19(26(4,5)6)23(24(16)21)18(22)14-28-20/h7-10,13,18H,11-12,14H2,1-6H3. The summed E-state index contributed by atoms with van der Waals surface area (Å²) < 4.78 is 12.4. The lowest BCUT2D eigenvalue weighted by Crippen LogP contribution is -2.22. The average molecular weight is 375 g/mol. The van der Waals surface area contributed by atoms with Crippen LogP contribution >= 0.6 is 0 Å². The number of benzene rings is 2. The fourth-order valence-electron chi connectivity index (χ4n) is 5.08. The molecule has 0 amide bonds. The molecule has 3 aliphatic rings. The van der Waals surface area contributed by atoms with Crippen LogP contribution in [-0.4, -0.2) is 13.2 Å². The maximum atomic E-state index is 6.31. The van der Waals surface area contributed by atoms with Gasteiger partial charge >= 0.3 is 0 Å². The van der Waals surface area contributed by atoms with Gasteiger partial charge in [-0.2, -0.15) is 0 Å². The summed E-state index contributed by atoms with van der Waals surface area (Å²) in [4.78, 5) is 0. The summed E-state index contributed by atoms with van der Waals surface area (Å²) in [7, 11) is 0. The molecule has 2 aliphatic heterocycles. The molecule has 2 heteroatoms. The molecule has 1 unspecified atom stereocenters. The fourth-order valence-corrected chi connectivity index (χ4v) is 5.08. The van der Waals surface area contributed by atoms with Crippen molar-refractivity contribution in [3.8, 4) is 11.5 Å². The van der Waals surface area contributed by atoms with Gasteiger partial charge in [-0.1, -0.05) is 53.7 Å². The van der Waals surface area contributed by atoms with Crippen molar-refractivity contribution >= 4 is 11.1 Å². The summed E-state index contributed by atoms with van der Waals surface area (Å²) in [5.74, 6) is 2.40. The molecule has 0 aromatic heterocycles. The quantitative estimate of drug-likeness (QED) is 0.526. The Morgan fingerprint density at radius 2 is 1.61 bits per heavy atom. The van der Waals surface area contributed by atoms with Crippen LogP contribution in [0.2, 0.25) is 0 Å². The normalized spacial score (nSPS) is 20.1. The summed E-state index contributed by atoms with van der Waals surface area (Å²) in [5.41, 5.74) is 10.1. The zero-order valence-electron chi connectivity index (χ0n) is 17.9. The van der Waals surface area contributed by atoms with Crippen LogP contribution in [0.1, 0.15) is 81.7 Å². The van der Waals surface area contributed by atoms with E-state index in [9.17, 15) is 0 Å². The second-order valence-electron chi connectivity index (χ2n) is 10.5. The monoisotopic (exact) mass is 374 g/mol. The molecule has 2 nitrogen and oxygen atoms in total. The van der Waals surface area contributed by atoms with Gasteiger partial charge in [0.05, 0.1) is 13.2 Å². The molecule has 0 saturated heterocycles. The van der Waals surface area contributed by atoms with E-state index in [0.29, 0.717) is 5.92 Å². The molecule has 0 radical (unpaired) electrons. The van der Waals surface area contributed by atoms with Gasteiger partial charge < -0.3 is 9.47 Å². The largest absolute Gasteiger partial charge is 0.493 e. The second kappa shape index (κ2) is 5.65. The van der Waals surface area contributed by atoms with Crippen molar-refractivity contribution in [2.75, 3.05) is 13.2 Å². The van der Waals surface area contributed by atoms with Gasteiger partial charge in [-0.05, 0) is 56.9 Å². The molecular formula is C26H30O2. The van der Waals surface area contributed by atoms with Crippen LogP contribution in [0.3, 0.4) is 0 Å². The zero-order valence-corrected chi connectivity index (χ0v) is 17.9. The molecule has 0 N–H and O–H groups in total. The highest BCUT2D eigenvalue weighted by molar-refractivity contribution is 6.04. The molecule has 1 atom stereocenters. The van der Waals surface area contributed by atoms with Crippen LogP contribution in [0, 0.1) is 0 Å². The van der Waals surface area contributed by atoms with Crippen molar-refractivity contribution in [3.63, 3.8) is 0 Å². The molecule has 0 bridgehead atoms. The fraction of sp³-hybridized carbons (Fsp3) is 0.462. The number of ether oxygens (including phenoxy) is 2. The van der Waals surface area contributed by atoms with Crippen LogP contribution < -0.4 is 9.47 Å². The zero-order chi connectivity index (χ0) is 19.8. The molecule has 0 saturated carbocycles. The molecule has 5 rings (SSSR count). The van der Waals surface area contributed by atoms with E-state index in [1.807, 2.05) is 0 Å². The predicted molar refractivity (Wildman–Crippen MR) is 115 cm³/mol. The SMILES string of the molecule is CC(C)(C)c1ccc2c(c1)C1=C3CCOc4ccc(C(C)(C)C)c(c43)C1CO2. The van der Waals surface area contributed by atoms with Crippen LogP contribution in [0.5, 0.6) is 11.5 Å². The number of rotatable bonds is 0. The summed E-state index contributed by atoms with van der Waals surface area (Å²) in [6.45, 7) is 15.2. The van der Waals surface area contributed by atoms with Crippen molar-refractivity contribution < 1.29 is 9.47 Å². The van der Waals surface area contributed by atoms with Crippen LogP contribution in [-0.2, 0) is 10.8 Å².